The second-order valence-corrected chi connectivity index (χ2v) is 5.35. The van der Waals surface area contributed by atoms with Crippen LogP contribution in [0.1, 0.15) is 34.3 Å². The van der Waals surface area contributed by atoms with Gasteiger partial charge in [0, 0.05) is 38.4 Å². The van der Waals surface area contributed by atoms with Crippen molar-refractivity contribution >= 4 is 18.3 Å². The summed E-state index contributed by atoms with van der Waals surface area (Å²) in [6, 6.07) is 5.98. The molecule has 2 N–H and O–H groups in total. The topological polar surface area (TPSA) is 50.4 Å². The number of fused-ring (bicyclic) bond motifs is 1. The van der Waals surface area contributed by atoms with Crippen LogP contribution in [-0.2, 0) is 17.8 Å². The second-order valence-electron chi connectivity index (χ2n) is 5.35. The molecule has 5 heteroatoms. The zero-order valence-corrected chi connectivity index (χ0v) is 12.3. The molecule has 110 valence electrons. The van der Waals surface area contributed by atoms with Gasteiger partial charge in [0.05, 0.1) is 0 Å². The van der Waals surface area contributed by atoms with Crippen LogP contribution in [0.15, 0.2) is 18.2 Å². The Balaban J connectivity index is 0.00000147. The molecule has 1 amide bonds. The third-order valence-corrected chi connectivity index (χ3v) is 3.99. The molecule has 0 saturated carbocycles. The third-order valence-electron chi connectivity index (χ3n) is 3.99. The van der Waals surface area contributed by atoms with Gasteiger partial charge in [-0.2, -0.15) is 0 Å². The van der Waals surface area contributed by atoms with E-state index in [0.717, 1.165) is 51.3 Å². The molecule has 2 heterocycles. The van der Waals surface area contributed by atoms with Crippen molar-refractivity contribution in [3.8, 4) is 0 Å². The van der Waals surface area contributed by atoms with Crippen molar-refractivity contribution < 1.29 is 9.53 Å². The van der Waals surface area contributed by atoms with Crippen LogP contribution < -0.4 is 10.6 Å². The van der Waals surface area contributed by atoms with Crippen LogP contribution in [-0.4, -0.2) is 25.7 Å². The molecule has 1 aromatic rings. The highest BCUT2D eigenvalue weighted by Crippen LogP contribution is 2.17. The quantitative estimate of drug-likeness (QED) is 0.895. The number of hydrogen-bond acceptors (Lipinski definition) is 3. The van der Waals surface area contributed by atoms with Gasteiger partial charge in [0.2, 0.25) is 0 Å². The maximum absolute atomic E-state index is 12.1. The number of rotatable bonds is 3. The Labute approximate surface area is 125 Å². The van der Waals surface area contributed by atoms with Crippen LogP contribution in [0.3, 0.4) is 0 Å². The van der Waals surface area contributed by atoms with E-state index in [1.165, 1.54) is 11.1 Å². The molecule has 0 radical (unpaired) electrons. The molecular formula is C15H21ClN2O2. The number of benzene rings is 1. The molecular weight excluding hydrogens is 276 g/mol. The first-order valence-electron chi connectivity index (χ1n) is 7.01. The van der Waals surface area contributed by atoms with Crippen molar-refractivity contribution in [2.45, 2.75) is 25.9 Å². The Kier molecular flexibility index (Phi) is 5.40. The van der Waals surface area contributed by atoms with Crippen molar-refractivity contribution in [1.29, 1.82) is 0 Å². The summed E-state index contributed by atoms with van der Waals surface area (Å²) >= 11 is 0. The zero-order chi connectivity index (χ0) is 13.1. The molecule has 20 heavy (non-hydrogen) atoms. The Morgan fingerprint density at radius 2 is 2.00 bits per heavy atom. The van der Waals surface area contributed by atoms with Gasteiger partial charge in [0.25, 0.3) is 5.91 Å². The van der Waals surface area contributed by atoms with Crippen molar-refractivity contribution in [3.05, 3.63) is 34.9 Å². The third kappa shape index (κ3) is 3.51. The Hall–Kier alpha value is -1.10. The van der Waals surface area contributed by atoms with E-state index in [2.05, 4.69) is 16.7 Å². The molecule has 1 fully saturated rings. The summed E-state index contributed by atoms with van der Waals surface area (Å²) in [5, 5.41) is 6.34. The van der Waals surface area contributed by atoms with Gasteiger partial charge in [0.15, 0.2) is 0 Å². The molecule has 0 aromatic heterocycles. The number of carbonyl (C=O) groups excluding carboxylic acids is 1. The van der Waals surface area contributed by atoms with Crippen LogP contribution in [0, 0.1) is 5.92 Å². The highest BCUT2D eigenvalue weighted by molar-refractivity contribution is 5.94. The van der Waals surface area contributed by atoms with E-state index in [1.54, 1.807) is 0 Å². The molecule has 1 saturated heterocycles. The fourth-order valence-corrected chi connectivity index (χ4v) is 2.73. The monoisotopic (exact) mass is 296 g/mol. The first-order valence-corrected chi connectivity index (χ1v) is 7.01. The number of hydrogen-bond donors (Lipinski definition) is 2. The van der Waals surface area contributed by atoms with Crippen LogP contribution in [0.2, 0.25) is 0 Å². The van der Waals surface area contributed by atoms with Crippen molar-refractivity contribution in [2.24, 2.45) is 5.92 Å². The van der Waals surface area contributed by atoms with Crippen LogP contribution in [0.4, 0.5) is 0 Å². The molecule has 2 aliphatic rings. The molecule has 0 unspecified atom stereocenters. The summed E-state index contributed by atoms with van der Waals surface area (Å²) in [4.78, 5) is 12.1. The minimum Gasteiger partial charge on any atom is -0.381 e. The van der Waals surface area contributed by atoms with E-state index in [0.29, 0.717) is 5.92 Å². The highest BCUT2D eigenvalue weighted by Gasteiger charge is 2.16. The van der Waals surface area contributed by atoms with Gasteiger partial charge in [-0.25, -0.2) is 0 Å². The van der Waals surface area contributed by atoms with Gasteiger partial charge in [-0.15, -0.1) is 12.4 Å². The maximum atomic E-state index is 12.1. The van der Waals surface area contributed by atoms with Gasteiger partial charge < -0.3 is 15.4 Å². The van der Waals surface area contributed by atoms with E-state index < -0.39 is 0 Å². The van der Waals surface area contributed by atoms with Crippen LogP contribution in [0.5, 0.6) is 0 Å². The molecule has 2 aliphatic heterocycles. The summed E-state index contributed by atoms with van der Waals surface area (Å²) in [6.07, 6.45) is 2.10. The Bertz CT molecular complexity index is 473. The smallest absolute Gasteiger partial charge is 0.251 e. The maximum Gasteiger partial charge on any atom is 0.251 e. The summed E-state index contributed by atoms with van der Waals surface area (Å²) in [5.74, 6) is 0.606. The fourth-order valence-electron chi connectivity index (χ4n) is 2.73. The minimum absolute atomic E-state index is 0. The molecule has 0 atom stereocenters. The standard InChI is InChI=1S/C15H20N2O2.ClH/c18-15(17-8-11-3-5-19-6-4-11)12-1-2-13-9-16-10-14(13)7-12;/h1-2,7,11,16H,3-6,8-10H2,(H,17,18);1H. The molecule has 0 spiro atoms. The molecule has 3 rings (SSSR count). The zero-order valence-electron chi connectivity index (χ0n) is 11.5. The average Bonchev–Trinajstić information content (AvgIpc) is 2.93. The van der Waals surface area contributed by atoms with Gasteiger partial charge in [-0.1, -0.05) is 6.07 Å². The SMILES string of the molecule is Cl.O=C(NCC1CCOCC1)c1ccc2c(c1)CNC2. The Morgan fingerprint density at radius 1 is 1.25 bits per heavy atom. The van der Waals surface area contributed by atoms with Gasteiger partial charge in [0.1, 0.15) is 0 Å². The lowest BCUT2D eigenvalue weighted by Crippen LogP contribution is -2.32. The molecule has 1 aromatic carbocycles. The van der Waals surface area contributed by atoms with E-state index in [-0.39, 0.29) is 18.3 Å². The predicted octanol–water partition coefficient (Wildman–Crippen LogP) is 1.87. The molecule has 0 aliphatic carbocycles. The Morgan fingerprint density at radius 3 is 2.80 bits per heavy atom. The summed E-state index contributed by atoms with van der Waals surface area (Å²) in [7, 11) is 0. The van der Waals surface area contributed by atoms with Gasteiger partial charge in [-0.05, 0) is 42.0 Å². The number of amides is 1. The number of halogens is 1. The summed E-state index contributed by atoms with van der Waals surface area (Å²) < 4.78 is 5.32. The average molecular weight is 297 g/mol. The van der Waals surface area contributed by atoms with Crippen molar-refractivity contribution in [2.75, 3.05) is 19.8 Å². The van der Waals surface area contributed by atoms with E-state index in [9.17, 15) is 4.79 Å². The first kappa shape index (κ1) is 15.3. The normalized spacial score (nSPS) is 18.2. The van der Waals surface area contributed by atoms with Crippen LogP contribution >= 0.6 is 12.4 Å². The lowest BCUT2D eigenvalue weighted by atomic mass is 10.00. The number of carbonyl (C=O) groups is 1. The molecule has 4 nitrogen and oxygen atoms in total. The lowest BCUT2D eigenvalue weighted by Gasteiger charge is -2.22. The highest BCUT2D eigenvalue weighted by atomic mass is 35.5. The predicted molar refractivity (Wildman–Crippen MR) is 80.1 cm³/mol. The largest absolute Gasteiger partial charge is 0.381 e. The first-order chi connectivity index (χ1) is 9.33. The summed E-state index contributed by atoms with van der Waals surface area (Å²) in [5.41, 5.74) is 3.33. The van der Waals surface area contributed by atoms with Crippen molar-refractivity contribution in [3.63, 3.8) is 0 Å². The van der Waals surface area contributed by atoms with Crippen LogP contribution in [0.25, 0.3) is 0 Å². The van der Waals surface area contributed by atoms with Gasteiger partial charge in [-0.3, -0.25) is 4.79 Å². The van der Waals surface area contributed by atoms with E-state index >= 15 is 0 Å². The lowest BCUT2D eigenvalue weighted by molar-refractivity contribution is 0.0642. The summed E-state index contributed by atoms with van der Waals surface area (Å²) in [6.45, 7) is 4.20. The van der Waals surface area contributed by atoms with E-state index in [4.69, 9.17) is 4.74 Å². The van der Waals surface area contributed by atoms with Crippen molar-refractivity contribution in [1.82, 2.24) is 10.6 Å². The fraction of sp³-hybridized carbons (Fsp3) is 0.533. The second kappa shape index (κ2) is 7.07. The minimum atomic E-state index is 0. The van der Waals surface area contributed by atoms with E-state index in [1.807, 2.05) is 12.1 Å². The number of ether oxygens (including phenoxy) is 1. The molecule has 0 bridgehead atoms. The van der Waals surface area contributed by atoms with Gasteiger partial charge >= 0.3 is 0 Å². The number of nitrogens with one attached hydrogen (secondary N) is 2.